The SMILES string of the molecule is CN(CCC1CCNC1)CCC(C)(C)C. The maximum absolute atomic E-state index is 3.43. The zero-order chi connectivity index (χ0) is 11.3. The Morgan fingerprint density at radius 1 is 1.27 bits per heavy atom. The Labute approximate surface area is 95.4 Å². The van der Waals surface area contributed by atoms with E-state index in [4.69, 9.17) is 0 Å². The molecule has 1 atom stereocenters. The monoisotopic (exact) mass is 212 g/mol. The molecule has 1 unspecified atom stereocenters. The van der Waals surface area contributed by atoms with Gasteiger partial charge in [-0.1, -0.05) is 20.8 Å². The first-order valence-corrected chi connectivity index (χ1v) is 6.37. The molecule has 0 aliphatic carbocycles. The van der Waals surface area contributed by atoms with Crippen LogP contribution in [0.2, 0.25) is 0 Å². The molecule has 1 aliphatic rings. The van der Waals surface area contributed by atoms with Gasteiger partial charge < -0.3 is 10.2 Å². The molecule has 0 saturated carbocycles. The summed E-state index contributed by atoms with van der Waals surface area (Å²) < 4.78 is 0. The smallest absolute Gasteiger partial charge is 0.00168 e. The van der Waals surface area contributed by atoms with Gasteiger partial charge >= 0.3 is 0 Å². The second-order valence-corrected chi connectivity index (χ2v) is 6.26. The highest BCUT2D eigenvalue weighted by Gasteiger charge is 2.15. The fraction of sp³-hybridized carbons (Fsp3) is 1.00. The fourth-order valence-electron chi connectivity index (χ4n) is 2.00. The molecule has 1 aliphatic heterocycles. The minimum Gasteiger partial charge on any atom is -0.316 e. The van der Waals surface area contributed by atoms with Gasteiger partial charge in [0.15, 0.2) is 0 Å². The molecule has 2 nitrogen and oxygen atoms in total. The molecular weight excluding hydrogens is 184 g/mol. The van der Waals surface area contributed by atoms with Crippen molar-refractivity contribution in [3.05, 3.63) is 0 Å². The molecule has 0 spiro atoms. The third-order valence-corrected chi connectivity index (χ3v) is 3.32. The molecule has 1 heterocycles. The first-order chi connectivity index (χ1) is 6.97. The van der Waals surface area contributed by atoms with Crippen LogP contribution in [0.4, 0.5) is 0 Å². The van der Waals surface area contributed by atoms with Crippen LogP contribution in [0.25, 0.3) is 0 Å². The van der Waals surface area contributed by atoms with Gasteiger partial charge in [-0.05, 0) is 63.8 Å². The summed E-state index contributed by atoms with van der Waals surface area (Å²) in [6.45, 7) is 11.9. The van der Waals surface area contributed by atoms with E-state index in [1.807, 2.05) is 0 Å². The van der Waals surface area contributed by atoms with Crippen LogP contribution in [0.5, 0.6) is 0 Å². The van der Waals surface area contributed by atoms with Crippen molar-refractivity contribution in [3.63, 3.8) is 0 Å². The van der Waals surface area contributed by atoms with Crippen molar-refractivity contribution in [2.75, 3.05) is 33.2 Å². The quantitative estimate of drug-likeness (QED) is 0.752. The number of nitrogens with zero attached hydrogens (tertiary/aromatic N) is 1. The van der Waals surface area contributed by atoms with E-state index in [-0.39, 0.29) is 0 Å². The molecule has 0 radical (unpaired) electrons. The Hall–Kier alpha value is -0.0800. The molecule has 0 aromatic carbocycles. The Bertz CT molecular complexity index is 166. The third kappa shape index (κ3) is 6.16. The molecule has 15 heavy (non-hydrogen) atoms. The summed E-state index contributed by atoms with van der Waals surface area (Å²) in [4.78, 5) is 2.49. The van der Waals surface area contributed by atoms with Gasteiger partial charge in [-0.3, -0.25) is 0 Å². The molecule has 0 aromatic heterocycles. The van der Waals surface area contributed by atoms with Crippen LogP contribution in [0.1, 0.15) is 40.0 Å². The van der Waals surface area contributed by atoms with E-state index >= 15 is 0 Å². The number of hydrogen-bond donors (Lipinski definition) is 1. The van der Waals surface area contributed by atoms with E-state index < -0.39 is 0 Å². The minimum atomic E-state index is 0.475. The largest absolute Gasteiger partial charge is 0.316 e. The summed E-state index contributed by atoms with van der Waals surface area (Å²) in [5.41, 5.74) is 0.475. The lowest BCUT2D eigenvalue weighted by molar-refractivity contribution is 0.251. The van der Waals surface area contributed by atoms with E-state index in [0.717, 1.165) is 5.92 Å². The van der Waals surface area contributed by atoms with Crippen LogP contribution in [0.15, 0.2) is 0 Å². The van der Waals surface area contributed by atoms with Gasteiger partial charge in [0.1, 0.15) is 0 Å². The summed E-state index contributed by atoms with van der Waals surface area (Å²) in [5.74, 6) is 0.932. The van der Waals surface area contributed by atoms with E-state index in [1.54, 1.807) is 0 Å². The van der Waals surface area contributed by atoms with Crippen molar-refractivity contribution >= 4 is 0 Å². The van der Waals surface area contributed by atoms with Gasteiger partial charge in [0.05, 0.1) is 0 Å². The predicted molar refractivity (Wildman–Crippen MR) is 67.2 cm³/mol. The molecule has 0 amide bonds. The molecule has 1 saturated heterocycles. The van der Waals surface area contributed by atoms with E-state index in [2.05, 4.69) is 38.0 Å². The third-order valence-electron chi connectivity index (χ3n) is 3.32. The van der Waals surface area contributed by atoms with Crippen LogP contribution in [-0.2, 0) is 0 Å². The zero-order valence-corrected chi connectivity index (χ0v) is 11.0. The molecular formula is C13H28N2. The fourth-order valence-corrected chi connectivity index (χ4v) is 2.00. The summed E-state index contributed by atoms with van der Waals surface area (Å²) in [5, 5.41) is 3.43. The lowest BCUT2D eigenvalue weighted by Crippen LogP contribution is -2.26. The topological polar surface area (TPSA) is 15.3 Å². The van der Waals surface area contributed by atoms with Crippen LogP contribution in [0, 0.1) is 11.3 Å². The number of rotatable bonds is 5. The lowest BCUT2D eigenvalue weighted by Gasteiger charge is -2.24. The van der Waals surface area contributed by atoms with Crippen molar-refractivity contribution < 1.29 is 0 Å². The molecule has 0 aromatic rings. The first kappa shape index (κ1) is 13.0. The zero-order valence-electron chi connectivity index (χ0n) is 11.0. The summed E-state index contributed by atoms with van der Waals surface area (Å²) in [6.07, 6.45) is 4.05. The lowest BCUT2D eigenvalue weighted by atomic mass is 9.92. The van der Waals surface area contributed by atoms with Gasteiger partial charge in [0.2, 0.25) is 0 Å². The molecule has 1 fully saturated rings. The second-order valence-electron chi connectivity index (χ2n) is 6.26. The minimum absolute atomic E-state index is 0.475. The van der Waals surface area contributed by atoms with Crippen LogP contribution < -0.4 is 5.32 Å². The van der Waals surface area contributed by atoms with Crippen molar-refractivity contribution in [2.24, 2.45) is 11.3 Å². The van der Waals surface area contributed by atoms with Gasteiger partial charge in [-0.15, -0.1) is 0 Å². The van der Waals surface area contributed by atoms with Gasteiger partial charge in [0.25, 0.3) is 0 Å². The van der Waals surface area contributed by atoms with Gasteiger partial charge in [0, 0.05) is 0 Å². The average molecular weight is 212 g/mol. The number of hydrogen-bond acceptors (Lipinski definition) is 2. The summed E-state index contributed by atoms with van der Waals surface area (Å²) in [7, 11) is 2.26. The highest BCUT2D eigenvalue weighted by atomic mass is 15.1. The Balaban J connectivity index is 2.05. The van der Waals surface area contributed by atoms with E-state index in [0.29, 0.717) is 5.41 Å². The van der Waals surface area contributed by atoms with Crippen molar-refractivity contribution in [2.45, 2.75) is 40.0 Å². The molecule has 1 N–H and O–H groups in total. The first-order valence-electron chi connectivity index (χ1n) is 6.37. The molecule has 0 bridgehead atoms. The Morgan fingerprint density at radius 3 is 2.53 bits per heavy atom. The standard InChI is InChI=1S/C13H28N2/c1-13(2,3)7-10-15(4)9-6-12-5-8-14-11-12/h12,14H,5-11H2,1-4H3. The normalized spacial score (nSPS) is 22.6. The average Bonchev–Trinajstić information content (AvgIpc) is 2.62. The Morgan fingerprint density at radius 2 is 2.00 bits per heavy atom. The van der Waals surface area contributed by atoms with Crippen molar-refractivity contribution in [1.82, 2.24) is 10.2 Å². The van der Waals surface area contributed by atoms with E-state index in [1.165, 1.54) is 45.4 Å². The van der Waals surface area contributed by atoms with Crippen LogP contribution in [0.3, 0.4) is 0 Å². The molecule has 1 rings (SSSR count). The van der Waals surface area contributed by atoms with Crippen molar-refractivity contribution in [3.8, 4) is 0 Å². The highest BCUT2D eigenvalue weighted by Crippen LogP contribution is 2.19. The van der Waals surface area contributed by atoms with Crippen LogP contribution >= 0.6 is 0 Å². The van der Waals surface area contributed by atoms with E-state index in [9.17, 15) is 0 Å². The predicted octanol–water partition coefficient (Wildman–Crippen LogP) is 2.35. The van der Waals surface area contributed by atoms with Crippen molar-refractivity contribution in [1.29, 1.82) is 0 Å². The van der Waals surface area contributed by atoms with Crippen LogP contribution in [-0.4, -0.2) is 38.1 Å². The van der Waals surface area contributed by atoms with Gasteiger partial charge in [-0.25, -0.2) is 0 Å². The van der Waals surface area contributed by atoms with Gasteiger partial charge in [-0.2, -0.15) is 0 Å². The maximum atomic E-state index is 3.43. The molecule has 2 heteroatoms. The molecule has 90 valence electrons. The highest BCUT2D eigenvalue weighted by molar-refractivity contribution is 4.72. The second kappa shape index (κ2) is 5.86. The number of nitrogens with one attached hydrogen (secondary N) is 1. The Kier molecular flexibility index (Phi) is 5.07. The summed E-state index contributed by atoms with van der Waals surface area (Å²) >= 11 is 0. The maximum Gasteiger partial charge on any atom is -0.00168 e. The summed E-state index contributed by atoms with van der Waals surface area (Å²) in [6, 6.07) is 0.